The Kier molecular flexibility index (Phi) is 5.40. The minimum absolute atomic E-state index is 0.260. The van der Waals surface area contributed by atoms with E-state index >= 15 is 0 Å². The molecular formula is C11H19F3N2O2. The van der Waals surface area contributed by atoms with Gasteiger partial charge < -0.3 is 10.4 Å². The summed E-state index contributed by atoms with van der Waals surface area (Å²) in [5.74, 6) is -0.652. The molecule has 0 saturated carbocycles. The molecule has 4 nitrogen and oxygen atoms in total. The summed E-state index contributed by atoms with van der Waals surface area (Å²) in [6.45, 7) is 2.10. The molecular weight excluding hydrogens is 249 g/mol. The number of carbonyl (C=O) groups is 1. The fraction of sp³-hybridized carbons (Fsp3) is 0.909. The van der Waals surface area contributed by atoms with Crippen molar-refractivity contribution in [2.75, 3.05) is 26.2 Å². The van der Waals surface area contributed by atoms with Crippen LogP contribution in [0, 0.1) is 5.92 Å². The number of hydrogen-bond acceptors (Lipinski definition) is 3. The summed E-state index contributed by atoms with van der Waals surface area (Å²) in [7, 11) is 0. The van der Waals surface area contributed by atoms with Crippen molar-refractivity contribution in [3.8, 4) is 0 Å². The summed E-state index contributed by atoms with van der Waals surface area (Å²) in [6.07, 6.45) is -2.78. The van der Waals surface area contributed by atoms with Crippen molar-refractivity contribution >= 4 is 5.97 Å². The summed E-state index contributed by atoms with van der Waals surface area (Å²) < 4.78 is 36.5. The van der Waals surface area contributed by atoms with Crippen molar-refractivity contribution in [2.45, 2.75) is 32.0 Å². The number of alkyl halides is 3. The fourth-order valence-corrected chi connectivity index (χ4v) is 2.03. The van der Waals surface area contributed by atoms with Crippen LogP contribution in [0.4, 0.5) is 13.2 Å². The number of carboxylic acid groups (broad SMARTS) is 1. The molecule has 0 aliphatic carbocycles. The molecule has 1 rings (SSSR count). The largest absolute Gasteiger partial charge is 0.480 e. The number of carboxylic acids is 1. The lowest BCUT2D eigenvalue weighted by molar-refractivity contribution is -0.148. The monoisotopic (exact) mass is 268 g/mol. The van der Waals surface area contributed by atoms with Gasteiger partial charge in [-0.1, -0.05) is 0 Å². The molecule has 1 atom stereocenters. The van der Waals surface area contributed by atoms with Crippen molar-refractivity contribution in [1.82, 2.24) is 10.2 Å². The molecule has 1 saturated heterocycles. The number of rotatable bonds is 5. The van der Waals surface area contributed by atoms with E-state index in [0.717, 1.165) is 0 Å². The maximum Gasteiger partial charge on any atom is 0.401 e. The van der Waals surface area contributed by atoms with Crippen LogP contribution >= 0.6 is 0 Å². The predicted molar refractivity (Wildman–Crippen MR) is 60.3 cm³/mol. The molecule has 0 unspecified atom stereocenters. The molecule has 0 bridgehead atoms. The van der Waals surface area contributed by atoms with Gasteiger partial charge in [0, 0.05) is 0 Å². The Morgan fingerprint density at radius 1 is 1.44 bits per heavy atom. The second-order valence-electron chi connectivity index (χ2n) is 4.80. The fourth-order valence-electron chi connectivity index (χ4n) is 2.03. The zero-order valence-electron chi connectivity index (χ0n) is 10.3. The van der Waals surface area contributed by atoms with E-state index < -0.39 is 24.7 Å². The third-order valence-corrected chi connectivity index (χ3v) is 3.19. The van der Waals surface area contributed by atoms with Gasteiger partial charge in [-0.2, -0.15) is 13.2 Å². The summed E-state index contributed by atoms with van der Waals surface area (Å²) in [5.41, 5.74) is 0. The van der Waals surface area contributed by atoms with Gasteiger partial charge in [0.25, 0.3) is 0 Å². The number of nitrogens with zero attached hydrogens (tertiary/aromatic N) is 1. The molecule has 0 spiro atoms. The summed E-state index contributed by atoms with van der Waals surface area (Å²) in [5, 5.41) is 11.6. The highest BCUT2D eigenvalue weighted by molar-refractivity contribution is 5.72. The van der Waals surface area contributed by atoms with E-state index in [0.29, 0.717) is 32.5 Å². The van der Waals surface area contributed by atoms with E-state index in [1.165, 1.54) is 4.90 Å². The van der Waals surface area contributed by atoms with Crippen molar-refractivity contribution in [3.05, 3.63) is 0 Å². The van der Waals surface area contributed by atoms with E-state index in [1.54, 1.807) is 6.92 Å². The van der Waals surface area contributed by atoms with Gasteiger partial charge in [-0.3, -0.25) is 9.69 Å². The number of likely N-dealkylation sites (tertiary alicyclic amines) is 1. The highest BCUT2D eigenvalue weighted by Gasteiger charge is 2.32. The normalized spacial score (nSPS) is 20.9. The van der Waals surface area contributed by atoms with E-state index in [1.807, 2.05) is 0 Å². The van der Waals surface area contributed by atoms with Crippen LogP contribution in [0.5, 0.6) is 0 Å². The number of piperidine rings is 1. The van der Waals surface area contributed by atoms with E-state index in [2.05, 4.69) is 5.32 Å². The minimum Gasteiger partial charge on any atom is -0.480 e. The second-order valence-corrected chi connectivity index (χ2v) is 4.80. The van der Waals surface area contributed by atoms with Crippen molar-refractivity contribution in [3.63, 3.8) is 0 Å². The average molecular weight is 268 g/mol. The van der Waals surface area contributed by atoms with Crippen molar-refractivity contribution in [1.29, 1.82) is 0 Å². The van der Waals surface area contributed by atoms with Crippen LogP contribution in [0.25, 0.3) is 0 Å². The molecule has 1 aliphatic rings. The first-order valence-electron chi connectivity index (χ1n) is 6.03. The van der Waals surface area contributed by atoms with Crippen LogP contribution < -0.4 is 5.32 Å². The summed E-state index contributed by atoms with van der Waals surface area (Å²) in [6, 6.07) is -0.613. The van der Waals surface area contributed by atoms with Gasteiger partial charge in [-0.15, -0.1) is 0 Å². The van der Waals surface area contributed by atoms with Crippen LogP contribution in [0.2, 0.25) is 0 Å². The average Bonchev–Trinajstić information content (AvgIpc) is 2.25. The molecule has 1 aliphatic heterocycles. The molecule has 0 aromatic heterocycles. The first-order valence-corrected chi connectivity index (χ1v) is 6.03. The van der Waals surface area contributed by atoms with Gasteiger partial charge in [0.05, 0.1) is 6.54 Å². The molecule has 2 N–H and O–H groups in total. The maximum absolute atomic E-state index is 12.2. The van der Waals surface area contributed by atoms with Gasteiger partial charge in [0.2, 0.25) is 0 Å². The molecule has 0 radical (unpaired) electrons. The standard InChI is InChI=1S/C11H19F3N2O2/c1-8(10(17)18)15-6-9-2-4-16(5-3-9)7-11(12,13)14/h8-9,15H,2-7H2,1H3,(H,17,18)/t8-/m0/s1. The van der Waals surface area contributed by atoms with Gasteiger partial charge in [-0.05, 0) is 45.3 Å². The first kappa shape index (κ1) is 15.2. The van der Waals surface area contributed by atoms with Crippen LogP contribution in [0.3, 0.4) is 0 Å². The van der Waals surface area contributed by atoms with E-state index in [9.17, 15) is 18.0 Å². The van der Waals surface area contributed by atoms with Crippen LogP contribution in [-0.4, -0.2) is 54.4 Å². The SMILES string of the molecule is C[C@H](NCC1CCN(CC(F)(F)F)CC1)C(=O)O. The van der Waals surface area contributed by atoms with Gasteiger partial charge in [-0.25, -0.2) is 0 Å². The Morgan fingerprint density at radius 2 is 2.00 bits per heavy atom. The highest BCUT2D eigenvalue weighted by Crippen LogP contribution is 2.22. The molecule has 106 valence electrons. The lowest BCUT2D eigenvalue weighted by atomic mass is 9.96. The third kappa shape index (κ3) is 5.68. The number of aliphatic carboxylic acids is 1. The number of halogens is 3. The zero-order chi connectivity index (χ0) is 13.8. The summed E-state index contributed by atoms with van der Waals surface area (Å²) in [4.78, 5) is 12.0. The topological polar surface area (TPSA) is 52.6 Å². The molecule has 1 heterocycles. The summed E-state index contributed by atoms with van der Waals surface area (Å²) >= 11 is 0. The smallest absolute Gasteiger partial charge is 0.401 e. The molecule has 0 aromatic rings. The minimum atomic E-state index is -4.14. The van der Waals surface area contributed by atoms with E-state index in [-0.39, 0.29) is 5.92 Å². The molecule has 0 amide bonds. The van der Waals surface area contributed by atoms with Crippen LogP contribution in [0.15, 0.2) is 0 Å². The Labute approximate surface area is 104 Å². The van der Waals surface area contributed by atoms with Gasteiger partial charge in [0.15, 0.2) is 0 Å². The molecule has 0 aromatic carbocycles. The van der Waals surface area contributed by atoms with Gasteiger partial charge in [0.1, 0.15) is 6.04 Å². The predicted octanol–water partition coefficient (Wildman–Crippen LogP) is 1.32. The third-order valence-electron chi connectivity index (χ3n) is 3.19. The maximum atomic E-state index is 12.2. The lowest BCUT2D eigenvalue weighted by Crippen LogP contribution is -2.43. The molecule has 1 fully saturated rings. The number of hydrogen-bond donors (Lipinski definition) is 2. The highest BCUT2D eigenvalue weighted by atomic mass is 19.4. The van der Waals surface area contributed by atoms with Crippen molar-refractivity contribution < 1.29 is 23.1 Å². The van der Waals surface area contributed by atoms with Crippen LogP contribution in [0.1, 0.15) is 19.8 Å². The van der Waals surface area contributed by atoms with Gasteiger partial charge >= 0.3 is 12.1 Å². The quantitative estimate of drug-likeness (QED) is 0.789. The zero-order valence-corrected chi connectivity index (χ0v) is 10.3. The van der Waals surface area contributed by atoms with Crippen molar-refractivity contribution in [2.24, 2.45) is 5.92 Å². The molecule has 18 heavy (non-hydrogen) atoms. The van der Waals surface area contributed by atoms with E-state index in [4.69, 9.17) is 5.11 Å². The Hall–Kier alpha value is -0.820. The second kappa shape index (κ2) is 6.38. The molecule has 7 heteroatoms. The van der Waals surface area contributed by atoms with Crippen LogP contribution in [-0.2, 0) is 4.79 Å². The number of nitrogens with one attached hydrogen (secondary N) is 1. The Morgan fingerprint density at radius 3 is 2.44 bits per heavy atom. The Bertz CT molecular complexity index is 276. The lowest BCUT2D eigenvalue weighted by Gasteiger charge is -2.32. The Balaban J connectivity index is 2.21. The first-order chi connectivity index (χ1) is 8.28.